The Kier molecular flexibility index (Phi) is 5.08. The summed E-state index contributed by atoms with van der Waals surface area (Å²) in [5, 5.41) is 3.32. The number of hydrogen-bond acceptors (Lipinski definition) is 2. The molecule has 0 saturated carbocycles. The molecule has 1 N–H and O–H groups in total. The van der Waals surface area contributed by atoms with Crippen LogP contribution in [0.4, 0.5) is 0 Å². The summed E-state index contributed by atoms with van der Waals surface area (Å²) in [6, 6.07) is 0. The van der Waals surface area contributed by atoms with E-state index in [0.29, 0.717) is 0 Å². The van der Waals surface area contributed by atoms with Crippen molar-refractivity contribution in [3.8, 4) is 0 Å². The third kappa shape index (κ3) is 3.38. The number of allylic oxidation sites excluding steroid dienone is 4. The second kappa shape index (κ2) is 6.44. The first-order valence-corrected chi connectivity index (χ1v) is 5.24. The predicted molar refractivity (Wildman–Crippen MR) is 60.1 cm³/mol. The SMILES string of the molecule is C/C=C1/OCCNC/C1=C/C=C/CC. The van der Waals surface area contributed by atoms with Gasteiger partial charge in [0, 0.05) is 18.7 Å². The van der Waals surface area contributed by atoms with Crippen molar-refractivity contribution in [2.45, 2.75) is 20.3 Å². The van der Waals surface area contributed by atoms with E-state index in [1.165, 1.54) is 5.57 Å². The number of rotatable bonds is 2. The summed E-state index contributed by atoms with van der Waals surface area (Å²) in [6.07, 6.45) is 9.46. The molecule has 1 saturated heterocycles. The molecule has 2 heteroatoms. The third-order valence-corrected chi connectivity index (χ3v) is 2.10. The van der Waals surface area contributed by atoms with E-state index in [4.69, 9.17) is 4.74 Å². The van der Waals surface area contributed by atoms with Crippen LogP contribution in [-0.2, 0) is 4.74 Å². The van der Waals surface area contributed by atoms with Crippen LogP contribution in [0, 0.1) is 0 Å². The van der Waals surface area contributed by atoms with Crippen molar-refractivity contribution >= 4 is 0 Å². The van der Waals surface area contributed by atoms with E-state index in [1.807, 2.05) is 13.0 Å². The Labute approximate surface area is 86.3 Å². The summed E-state index contributed by atoms with van der Waals surface area (Å²) in [7, 11) is 0. The zero-order valence-corrected chi connectivity index (χ0v) is 9.05. The lowest BCUT2D eigenvalue weighted by atomic mass is 10.2. The topological polar surface area (TPSA) is 21.3 Å². The molecule has 0 radical (unpaired) electrons. The van der Waals surface area contributed by atoms with Gasteiger partial charge in [-0.2, -0.15) is 0 Å². The van der Waals surface area contributed by atoms with Crippen molar-refractivity contribution in [1.29, 1.82) is 0 Å². The van der Waals surface area contributed by atoms with E-state index in [-0.39, 0.29) is 0 Å². The van der Waals surface area contributed by atoms with Crippen LogP contribution in [0.15, 0.2) is 35.6 Å². The Morgan fingerprint density at radius 2 is 2.36 bits per heavy atom. The van der Waals surface area contributed by atoms with Crippen molar-refractivity contribution < 1.29 is 4.74 Å². The summed E-state index contributed by atoms with van der Waals surface area (Å²) < 4.78 is 5.59. The zero-order chi connectivity index (χ0) is 10.2. The summed E-state index contributed by atoms with van der Waals surface area (Å²) in [5.41, 5.74) is 1.23. The molecule has 0 aromatic heterocycles. The highest BCUT2D eigenvalue weighted by Gasteiger charge is 2.08. The maximum atomic E-state index is 5.59. The fraction of sp³-hybridized carbons (Fsp3) is 0.500. The Morgan fingerprint density at radius 1 is 1.50 bits per heavy atom. The molecule has 0 atom stereocenters. The molecule has 1 rings (SSSR count). The van der Waals surface area contributed by atoms with Gasteiger partial charge in [-0.3, -0.25) is 0 Å². The average Bonchev–Trinajstić information content (AvgIpc) is 2.43. The van der Waals surface area contributed by atoms with Crippen LogP contribution in [0.1, 0.15) is 20.3 Å². The first kappa shape index (κ1) is 11.1. The minimum absolute atomic E-state index is 0.758. The Bertz CT molecular complexity index is 251. The van der Waals surface area contributed by atoms with Gasteiger partial charge in [0.15, 0.2) is 0 Å². The van der Waals surface area contributed by atoms with Crippen molar-refractivity contribution in [3.05, 3.63) is 35.6 Å². The molecule has 1 heterocycles. The highest BCUT2D eigenvalue weighted by Crippen LogP contribution is 2.13. The van der Waals surface area contributed by atoms with Gasteiger partial charge < -0.3 is 10.1 Å². The first-order chi connectivity index (χ1) is 6.88. The standard InChI is InChI=1S/C12H19NO/c1-3-5-6-7-11-10-13-8-9-14-12(11)4-2/h4-7,13H,3,8-10H2,1-2H3/b6-5+,11-7-,12-4+. The lowest BCUT2D eigenvalue weighted by Gasteiger charge is -2.06. The van der Waals surface area contributed by atoms with E-state index < -0.39 is 0 Å². The Hall–Kier alpha value is -1.02. The highest BCUT2D eigenvalue weighted by atomic mass is 16.5. The largest absolute Gasteiger partial charge is 0.492 e. The van der Waals surface area contributed by atoms with Gasteiger partial charge in [-0.25, -0.2) is 0 Å². The smallest absolute Gasteiger partial charge is 0.119 e. The Morgan fingerprint density at radius 3 is 3.07 bits per heavy atom. The van der Waals surface area contributed by atoms with Gasteiger partial charge >= 0.3 is 0 Å². The normalized spacial score (nSPS) is 24.1. The van der Waals surface area contributed by atoms with E-state index in [9.17, 15) is 0 Å². The quantitative estimate of drug-likeness (QED) is 0.727. The average molecular weight is 193 g/mol. The van der Waals surface area contributed by atoms with Gasteiger partial charge in [-0.15, -0.1) is 0 Å². The molecule has 1 aliphatic heterocycles. The Balaban J connectivity index is 2.70. The summed E-state index contributed by atoms with van der Waals surface area (Å²) in [6.45, 7) is 6.72. The van der Waals surface area contributed by atoms with Gasteiger partial charge in [-0.1, -0.05) is 25.2 Å². The maximum absolute atomic E-state index is 5.59. The van der Waals surface area contributed by atoms with Crippen LogP contribution >= 0.6 is 0 Å². The lowest BCUT2D eigenvalue weighted by molar-refractivity contribution is 0.232. The van der Waals surface area contributed by atoms with Crippen LogP contribution in [0.25, 0.3) is 0 Å². The molecule has 78 valence electrons. The van der Waals surface area contributed by atoms with Gasteiger partial charge in [0.25, 0.3) is 0 Å². The molecule has 14 heavy (non-hydrogen) atoms. The minimum atomic E-state index is 0.758. The molecule has 0 aromatic carbocycles. The van der Waals surface area contributed by atoms with Crippen LogP contribution in [-0.4, -0.2) is 19.7 Å². The molecule has 1 fully saturated rings. The summed E-state index contributed by atoms with van der Waals surface area (Å²) in [4.78, 5) is 0. The number of nitrogens with one attached hydrogen (secondary N) is 1. The molecular weight excluding hydrogens is 174 g/mol. The van der Waals surface area contributed by atoms with E-state index in [2.05, 4.69) is 30.5 Å². The van der Waals surface area contributed by atoms with E-state index in [0.717, 1.165) is 31.9 Å². The molecule has 2 nitrogen and oxygen atoms in total. The van der Waals surface area contributed by atoms with E-state index >= 15 is 0 Å². The van der Waals surface area contributed by atoms with Crippen LogP contribution < -0.4 is 5.32 Å². The van der Waals surface area contributed by atoms with Crippen LogP contribution in [0.2, 0.25) is 0 Å². The monoisotopic (exact) mass is 193 g/mol. The zero-order valence-electron chi connectivity index (χ0n) is 9.05. The van der Waals surface area contributed by atoms with Crippen molar-refractivity contribution in [2.24, 2.45) is 0 Å². The maximum Gasteiger partial charge on any atom is 0.119 e. The van der Waals surface area contributed by atoms with Crippen molar-refractivity contribution in [3.63, 3.8) is 0 Å². The second-order valence-electron chi connectivity index (χ2n) is 3.21. The van der Waals surface area contributed by atoms with Gasteiger partial charge in [0.1, 0.15) is 12.4 Å². The summed E-state index contributed by atoms with van der Waals surface area (Å²) in [5.74, 6) is 1.01. The van der Waals surface area contributed by atoms with Crippen molar-refractivity contribution in [1.82, 2.24) is 5.32 Å². The summed E-state index contributed by atoms with van der Waals surface area (Å²) >= 11 is 0. The molecule has 0 spiro atoms. The molecule has 0 bridgehead atoms. The van der Waals surface area contributed by atoms with Crippen LogP contribution in [0.5, 0.6) is 0 Å². The minimum Gasteiger partial charge on any atom is -0.492 e. The molecule has 0 unspecified atom stereocenters. The first-order valence-electron chi connectivity index (χ1n) is 5.24. The highest BCUT2D eigenvalue weighted by molar-refractivity contribution is 5.31. The molecular formula is C12H19NO. The molecule has 1 aliphatic rings. The second-order valence-corrected chi connectivity index (χ2v) is 3.21. The molecule has 0 amide bonds. The number of ether oxygens (including phenoxy) is 1. The van der Waals surface area contributed by atoms with E-state index in [1.54, 1.807) is 0 Å². The van der Waals surface area contributed by atoms with Crippen molar-refractivity contribution in [2.75, 3.05) is 19.7 Å². The van der Waals surface area contributed by atoms with Crippen LogP contribution in [0.3, 0.4) is 0 Å². The fourth-order valence-electron chi connectivity index (χ4n) is 1.37. The van der Waals surface area contributed by atoms with Gasteiger partial charge in [-0.05, 0) is 19.4 Å². The lowest BCUT2D eigenvalue weighted by Crippen LogP contribution is -2.17. The number of hydrogen-bond donors (Lipinski definition) is 1. The fourth-order valence-corrected chi connectivity index (χ4v) is 1.37. The molecule has 0 aromatic rings. The third-order valence-electron chi connectivity index (χ3n) is 2.10. The molecule has 0 aliphatic carbocycles. The predicted octanol–water partition coefficient (Wildman–Crippen LogP) is 2.40. The van der Waals surface area contributed by atoms with Gasteiger partial charge in [0.05, 0.1) is 0 Å². The van der Waals surface area contributed by atoms with Gasteiger partial charge in [0.2, 0.25) is 0 Å².